The van der Waals surface area contributed by atoms with Crippen LogP contribution in [-0.4, -0.2) is 19.9 Å². The van der Waals surface area contributed by atoms with E-state index < -0.39 is 0 Å². The van der Waals surface area contributed by atoms with Crippen LogP contribution >= 0.6 is 0 Å². The Morgan fingerprint density at radius 2 is 1.25 bits per heavy atom. The van der Waals surface area contributed by atoms with E-state index in [0.717, 1.165) is 33.7 Å². The maximum Gasteiger partial charge on any atom is 0.0842 e. The van der Waals surface area contributed by atoms with E-state index in [1.807, 2.05) is 19.9 Å². The molecule has 0 aliphatic carbocycles. The minimum Gasteiger partial charge on any atom is -0.261 e. The van der Waals surface area contributed by atoms with Crippen molar-refractivity contribution < 1.29 is 0 Å². The van der Waals surface area contributed by atoms with E-state index in [-0.39, 0.29) is 0 Å². The first kappa shape index (κ1) is 15.7. The van der Waals surface area contributed by atoms with Gasteiger partial charge in [-0.15, -0.1) is 0 Å². The van der Waals surface area contributed by atoms with Crippen LogP contribution in [0.5, 0.6) is 0 Å². The number of aromatic nitrogens is 4. The third-order valence-electron chi connectivity index (χ3n) is 3.61. The van der Waals surface area contributed by atoms with Gasteiger partial charge in [0.1, 0.15) is 0 Å². The molecule has 4 heteroatoms. The fraction of sp³-hybridized carbons (Fsp3) is 0.100. The van der Waals surface area contributed by atoms with E-state index in [0.29, 0.717) is 0 Å². The molecular formula is C20H18N4. The van der Waals surface area contributed by atoms with E-state index in [9.17, 15) is 0 Å². The Kier molecular flexibility index (Phi) is 4.87. The minimum atomic E-state index is 0.884. The van der Waals surface area contributed by atoms with Gasteiger partial charge in [0.2, 0.25) is 0 Å². The number of nitrogens with zero attached hydrogens (tertiary/aromatic N) is 4. The summed E-state index contributed by atoms with van der Waals surface area (Å²) in [6.45, 7) is 4.08. The van der Waals surface area contributed by atoms with E-state index in [2.05, 4.69) is 50.3 Å². The van der Waals surface area contributed by atoms with Crippen LogP contribution in [-0.2, 0) is 0 Å². The summed E-state index contributed by atoms with van der Waals surface area (Å²) in [5, 5.41) is 0. The van der Waals surface area contributed by atoms with Crippen LogP contribution in [0, 0.1) is 0 Å². The van der Waals surface area contributed by atoms with Crippen LogP contribution in [0.3, 0.4) is 0 Å². The van der Waals surface area contributed by atoms with E-state index in [1.54, 1.807) is 37.2 Å². The van der Waals surface area contributed by atoms with Gasteiger partial charge in [0.15, 0.2) is 0 Å². The zero-order valence-corrected chi connectivity index (χ0v) is 13.7. The van der Waals surface area contributed by atoms with Crippen molar-refractivity contribution in [1.82, 2.24) is 19.9 Å². The molecule has 2 aromatic heterocycles. The van der Waals surface area contributed by atoms with Gasteiger partial charge in [-0.25, -0.2) is 0 Å². The van der Waals surface area contributed by atoms with Crippen molar-refractivity contribution in [2.24, 2.45) is 0 Å². The van der Waals surface area contributed by atoms with E-state index in [4.69, 9.17) is 0 Å². The van der Waals surface area contributed by atoms with Crippen LogP contribution < -0.4 is 0 Å². The highest BCUT2D eigenvalue weighted by Gasteiger charge is 2.00. The molecule has 0 aliphatic rings. The van der Waals surface area contributed by atoms with Gasteiger partial charge >= 0.3 is 0 Å². The van der Waals surface area contributed by atoms with Gasteiger partial charge in [0, 0.05) is 24.8 Å². The predicted molar refractivity (Wildman–Crippen MR) is 97.6 cm³/mol. The Balaban J connectivity index is 1.87. The SMILES string of the molecule is C/C(=C\c1cccc(/C=C(\C)c2cnccn2)c1)c1cnccn1. The van der Waals surface area contributed by atoms with Crippen LogP contribution in [0.15, 0.2) is 61.4 Å². The average Bonchev–Trinajstić information content (AvgIpc) is 2.63. The molecule has 4 nitrogen and oxygen atoms in total. The standard InChI is InChI=1S/C20H18N4/c1-15(19-13-21-6-8-23-19)10-17-4-3-5-18(12-17)11-16(2)20-14-22-7-9-24-20/h3-14H,1-2H3/b15-10+,16-11+. The normalized spacial score (nSPS) is 12.2. The topological polar surface area (TPSA) is 51.6 Å². The van der Waals surface area contributed by atoms with Crippen LogP contribution in [0.2, 0.25) is 0 Å². The second-order valence-electron chi connectivity index (χ2n) is 5.51. The van der Waals surface area contributed by atoms with Gasteiger partial charge in [-0.2, -0.15) is 0 Å². The maximum absolute atomic E-state index is 4.33. The second-order valence-corrected chi connectivity index (χ2v) is 5.51. The molecule has 24 heavy (non-hydrogen) atoms. The maximum atomic E-state index is 4.33. The minimum absolute atomic E-state index is 0.884. The molecule has 1 aromatic carbocycles. The molecule has 0 spiro atoms. The Labute approximate surface area is 141 Å². The molecule has 0 N–H and O–H groups in total. The lowest BCUT2D eigenvalue weighted by Gasteiger charge is -2.03. The summed E-state index contributed by atoms with van der Waals surface area (Å²) in [5.41, 5.74) is 6.17. The van der Waals surface area contributed by atoms with Crippen molar-refractivity contribution in [3.63, 3.8) is 0 Å². The van der Waals surface area contributed by atoms with Crippen molar-refractivity contribution in [1.29, 1.82) is 0 Å². The van der Waals surface area contributed by atoms with Gasteiger partial charge in [0.25, 0.3) is 0 Å². The highest BCUT2D eigenvalue weighted by Crippen LogP contribution is 2.19. The quantitative estimate of drug-likeness (QED) is 0.717. The van der Waals surface area contributed by atoms with Crippen LogP contribution in [0.1, 0.15) is 36.4 Å². The second kappa shape index (κ2) is 7.42. The monoisotopic (exact) mass is 314 g/mol. The lowest BCUT2D eigenvalue weighted by Crippen LogP contribution is -1.87. The fourth-order valence-corrected chi connectivity index (χ4v) is 2.39. The summed E-state index contributed by atoms with van der Waals surface area (Å²) in [7, 11) is 0. The predicted octanol–water partition coefficient (Wildman–Crippen LogP) is 4.39. The zero-order valence-electron chi connectivity index (χ0n) is 13.7. The van der Waals surface area contributed by atoms with Crippen molar-refractivity contribution in [3.8, 4) is 0 Å². The first-order valence-electron chi connectivity index (χ1n) is 7.72. The van der Waals surface area contributed by atoms with E-state index in [1.165, 1.54) is 0 Å². The largest absolute Gasteiger partial charge is 0.261 e. The van der Waals surface area contributed by atoms with Gasteiger partial charge in [0.05, 0.1) is 23.8 Å². The molecule has 0 unspecified atom stereocenters. The Hall–Kier alpha value is -3.14. The highest BCUT2D eigenvalue weighted by molar-refractivity contribution is 5.81. The van der Waals surface area contributed by atoms with Crippen molar-refractivity contribution in [2.75, 3.05) is 0 Å². The molecule has 0 bridgehead atoms. The van der Waals surface area contributed by atoms with Gasteiger partial charge in [-0.3, -0.25) is 19.9 Å². The molecule has 0 radical (unpaired) electrons. The van der Waals surface area contributed by atoms with Gasteiger partial charge < -0.3 is 0 Å². The smallest absolute Gasteiger partial charge is 0.0842 e. The van der Waals surface area contributed by atoms with Crippen molar-refractivity contribution >= 4 is 23.3 Å². The number of hydrogen-bond acceptors (Lipinski definition) is 4. The first-order valence-corrected chi connectivity index (χ1v) is 7.72. The molecule has 118 valence electrons. The van der Waals surface area contributed by atoms with Crippen LogP contribution in [0.4, 0.5) is 0 Å². The number of benzene rings is 1. The Morgan fingerprint density at radius 3 is 1.67 bits per heavy atom. The molecule has 2 heterocycles. The summed E-state index contributed by atoms with van der Waals surface area (Å²) in [4.78, 5) is 16.9. The Morgan fingerprint density at radius 1 is 0.750 bits per heavy atom. The molecule has 3 rings (SSSR count). The highest BCUT2D eigenvalue weighted by atomic mass is 14.8. The summed E-state index contributed by atoms with van der Waals surface area (Å²) in [6.07, 6.45) is 14.5. The molecule has 0 aliphatic heterocycles. The lowest BCUT2D eigenvalue weighted by molar-refractivity contribution is 1.16. The average molecular weight is 314 g/mol. The number of hydrogen-bond donors (Lipinski definition) is 0. The molecule has 0 amide bonds. The molecule has 0 saturated carbocycles. The van der Waals surface area contributed by atoms with E-state index >= 15 is 0 Å². The molecule has 0 fully saturated rings. The molecule has 3 aromatic rings. The summed E-state index contributed by atoms with van der Waals surface area (Å²) < 4.78 is 0. The Bertz CT molecular complexity index is 798. The summed E-state index contributed by atoms with van der Waals surface area (Å²) in [5.74, 6) is 0. The third kappa shape index (κ3) is 3.98. The summed E-state index contributed by atoms with van der Waals surface area (Å²) in [6, 6.07) is 8.34. The van der Waals surface area contributed by atoms with Crippen molar-refractivity contribution in [3.05, 3.63) is 84.0 Å². The third-order valence-corrected chi connectivity index (χ3v) is 3.61. The number of allylic oxidation sites excluding steroid dienone is 2. The lowest BCUT2D eigenvalue weighted by atomic mass is 10.0. The van der Waals surface area contributed by atoms with Gasteiger partial charge in [-0.05, 0) is 54.3 Å². The first-order chi connectivity index (χ1) is 11.7. The fourth-order valence-electron chi connectivity index (χ4n) is 2.39. The summed E-state index contributed by atoms with van der Waals surface area (Å²) >= 11 is 0. The zero-order chi connectivity index (χ0) is 16.8. The van der Waals surface area contributed by atoms with Gasteiger partial charge in [-0.1, -0.05) is 18.2 Å². The van der Waals surface area contributed by atoms with Crippen molar-refractivity contribution in [2.45, 2.75) is 13.8 Å². The number of rotatable bonds is 4. The molecular weight excluding hydrogens is 296 g/mol. The molecule has 0 saturated heterocycles. The van der Waals surface area contributed by atoms with Crippen LogP contribution in [0.25, 0.3) is 23.3 Å². The molecule has 0 atom stereocenters.